The third-order valence-electron chi connectivity index (χ3n) is 2.48. The van der Waals surface area contributed by atoms with Crippen LogP contribution in [0.4, 0.5) is 0 Å². The van der Waals surface area contributed by atoms with E-state index < -0.39 is 0 Å². The van der Waals surface area contributed by atoms with E-state index in [9.17, 15) is 0 Å². The highest BCUT2D eigenvalue weighted by Gasteiger charge is 2.02. The third-order valence-corrected chi connectivity index (χ3v) is 2.77. The summed E-state index contributed by atoms with van der Waals surface area (Å²) in [4.78, 5) is 0. The van der Waals surface area contributed by atoms with Crippen molar-refractivity contribution < 1.29 is 4.74 Å². The molecule has 0 heterocycles. The molecule has 0 aromatic heterocycles. The van der Waals surface area contributed by atoms with Gasteiger partial charge in [0.1, 0.15) is 5.75 Å². The van der Waals surface area contributed by atoms with E-state index in [2.05, 4.69) is 18.2 Å². The van der Waals surface area contributed by atoms with Gasteiger partial charge in [0.15, 0.2) is 0 Å². The van der Waals surface area contributed by atoms with Crippen LogP contribution in [-0.2, 0) is 6.54 Å². The topological polar surface area (TPSA) is 21.3 Å². The van der Waals surface area contributed by atoms with Crippen LogP contribution < -0.4 is 10.1 Å². The van der Waals surface area contributed by atoms with Gasteiger partial charge >= 0.3 is 0 Å². The maximum atomic E-state index is 6.16. The first kappa shape index (κ1) is 14.9. The van der Waals surface area contributed by atoms with E-state index in [1.807, 2.05) is 18.2 Å². The summed E-state index contributed by atoms with van der Waals surface area (Å²) >= 11 is 6.16. The van der Waals surface area contributed by atoms with Gasteiger partial charge in [-0.1, -0.05) is 24.6 Å². The van der Waals surface area contributed by atoms with Crippen LogP contribution in [0.2, 0.25) is 5.02 Å². The van der Waals surface area contributed by atoms with Crippen LogP contribution >= 0.6 is 11.6 Å². The molecule has 0 amide bonds. The summed E-state index contributed by atoms with van der Waals surface area (Å²) in [5.41, 5.74) is 1.17. The van der Waals surface area contributed by atoms with Gasteiger partial charge in [-0.3, -0.25) is 0 Å². The molecule has 1 aromatic carbocycles. The van der Waals surface area contributed by atoms with E-state index in [0.717, 1.165) is 38.1 Å². The molecule has 18 heavy (non-hydrogen) atoms. The molecule has 0 aliphatic carbocycles. The summed E-state index contributed by atoms with van der Waals surface area (Å²) in [6.07, 6.45) is 7.89. The fourth-order valence-electron chi connectivity index (χ4n) is 1.54. The standard InChI is InChI=1S/C15H20ClNO/c1-3-5-6-10-18-15-8-7-13(11-14(15)16)12-17-9-4-2/h1,7-8,11,17H,4-6,9-10,12H2,2H3. The number of benzene rings is 1. The molecular weight excluding hydrogens is 246 g/mol. The van der Waals surface area contributed by atoms with Gasteiger partial charge in [0.05, 0.1) is 11.6 Å². The summed E-state index contributed by atoms with van der Waals surface area (Å²) in [5, 5.41) is 4.00. The van der Waals surface area contributed by atoms with Crippen molar-refractivity contribution in [1.29, 1.82) is 0 Å². The second-order valence-electron chi connectivity index (χ2n) is 4.10. The maximum Gasteiger partial charge on any atom is 0.137 e. The molecule has 0 unspecified atom stereocenters. The van der Waals surface area contributed by atoms with Crippen LogP contribution in [0.5, 0.6) is 5.75 Å². The molecule has 0 atom stereocenters. The van der Waals surface area contributed by atoms with E-state index in [1.165, 1.54) is 5.56 Å². The molecule has 0 fully saturated rings. The zero-order chi connectivity index (χ0) is 13.2. The molecule has 1 N–H and O–H groups in total. The predicted octanol–water partition coefficient (Wildman–Crippen LogP) is 3.63. The maximum absolute atomic E-state index is 6.16. The molecule has 3 heteroatoms. The van der Waals surface area contributed by atoms with Gasteiger partial charge in [0, 0.05) is 13.0 Å². The fourth-order valence-corrected chi connectivity index (χ4v) is 1.79. The number of hydrogen-bond donors (Lipinski definition) is 1. The van der Waals surface area contributed by atoms with Gasteiger partial charge in [-0.25, -0.2) is 0 Å². The van der Waals surface area contributed by atoms with E-state index in [4.69, 9.17) is 22.8 Å². The molecule has 1 rings (SSSR count). The molecular formula is C15H20ClNO. The monoisotopic (exact) mass is 265 g/mol. The minimum Gasteiger partial charge on any atom is -0.492 e. The first-order valence-electron chi connectivity index (χ1n) is 6.33. The van der Waals surface area contributed by atoms with E-state index in [-0.39, 0.29) is 0 Å². The Morgan fingerprint density at radius 3 is 2.94 bits per heavy atom. The Hall–Kier alpha value is -1.17. The van der Waals surface area contributed by atoms with Crippen molar-refractivity contribution in [3.63, 3.8) is 0 Å². The first-order valence-corrected chi connectivity index (χ1v) is 6.71. The lowest BCUT2D eigenvalue weighted by Crippen LogP contribution is -2.13. The number of nitrogens with one attached hydrogen (secondary N) is 1. The molecule has 0 bridgehead atoms. The van der Waals surface area contributed by atoms with E-state index in [1.54, 1.807) is 0 Å². The second kappa shape index (κ2) is 8.85. The zero-order valence-electron chi connectivity index (χ0n) is 10.8. The van der Waals surface area contributed by atoms with Crippen molar-refractivity contribution in [3.8, 4) is 18.1 Å². The van der Waals surface area contributed by atoms with Gasteiger partial charge in [-0.2, -0.15) is 0 Å². The van der Waals surface area contributed by atoms with Gasteiger partial charge in [0.2, 0.25) is 0 Å². The van der Waals surface area contributed by atoms with E-state index in [0.29, 0.717) is 11.6 Å². The quantitative estimate of drug-likeness (QED) is 0.572. The van der Waals surface area contributed by atoms with Gasteiger partial charge in [0.25, 0.3) is 0 Å². The van der Waals surface area contributed by atoms with E-state index >= 15 is 0 Å². The smallest absolute Gasteiger partial charge is 0.137 e. The van der Waals surface area contributed by atoms with Crippen LogP contribution in [0.3, 0.4) is 0 Å². The summed E-state index contributed by atoms with van der Waals surface area (Å²) in [6.45, 7) is 4.61. The molecule has 0 spiro atoms. The Kier molecular flexibility index (Phi) is 7.32. The molecule has 0 aliphatic heterocycles. The van der Waals surface area contributed by atoms with Crippen molar-refractivity contribution in [2.45, 2.75) is 32.7 Å². The number of halogens is 1. The number of hydrogen-bond acceptors (Lipinski definition) is 2. The average molecular weight is 266 g/mol. The molecule has 2 nitrogen and oxygen atoms in total. The van der Waals surface area contributed by atoms with Crippen LogP contribution in [0.1, 0.15) is 31.7 Å². The molecule has 0 radical (unpaired) electrons. The largest absolute Gasteiger partial charge is 0.492 e. The molecule has 98 valence electrons. The van der Waals surface area contributed by atoms with Crippen LogP contribution in [0.25, 0.3) is 0 Å². The summed E-state index contributed by atoms with van der Waals surface area (Å²) in [6, 6.07) is 5.90. The van der Waals surface area contributed by atoms with Crippen LogP contribution in [0, 0.1) is 12.3 Å². The minimum atomic E-state index is 0.608. The zero-order valence-corrected chi connectivity index (χ0v) is 11.6. The van der Waals surface area contributed by atoms with Crippen LogP contribution in [0.15, 0.2) is 18.2 Å². The highest BCUT2D eigenvalue weighted by atomic mass is 35.5. The second-order valence-corrected chi connectivity index (χ2v) is 4.50. The Labute approximate surface area is 115 Å². The normalized spacial score (nSPS) is 10.1. The van der Waals surface area contributed by atoms with Gasteiger partial charge < -0.3 is 10.1 Å². The highest BCUT2D eigenvalue weighted by Crippen LogP contribution is 2.25. The van der Waals surface area contributed by atoms with Crippen LogP contribution in [-0.4, -0.2) is 13.2 Å². The highest BCUT2D eigenvalue weighted by molar-refractivity contribution is 6.32. The van der Waals surface area contributed by atoms with Crippen molar-refractivity contribution in [2.24, 2.45) is 0 Å². The molecule has 0 saturated carbocycles. The lowest BCUT2D eigenvalue weighted by molar-refractivity contribution is 0.313. The number of unbranched alkanes of at least 4 members (excludes halogenated alkanes) is 1. The van der Waals surface area contributed by atoms with Gasteiger partial charge in [-0.15, -0.1) is 12.3 Å². The summed E-state index contributed by atoms with van der Waals surface area (Å²) in [7, 11) is 0. The number of ether oxygens (including phenoxy) is 1. The van der Waals surface area contributed by atoms with Crippen molar-refractivity contribution in [3.05, 3.63) is 28.8 Å². The number of rotatable bonds is 8. The first-order chi connectivity index (χ1) is 8.77. The molecule has 0 aliphatic rings. The lowest BCUT2D eigenvalue weighted by atomic mass is 10.2. The Morgan fingerprint density at radius 2 is 2.28 bits per heavy atom. The summed E-state index contributed by atoms with van der Waals surface area (Å²) < 4.78 is 5.57. The predicted molar refractivity (Wildman–Crippen MR) is 77.0 cm³/mol. The van der Waals surface area contributed by atoms with Gasteiger partial charge in [-0.05, 0) is 37.1 Å². The minimum absolute atomic E-state index is 0.608. The molecule has 1 aromatic rings. The Morgan fingerprint density at radius 1 is 1.44 bits per heavy atom. The Balaban J connectivity index is 2.44. The Bertz CT molecular complexity index is 398. The third kappa shape index (κ3) is 5.44. The SMILES string of the molecule is C#CCCCOc1ccc(CNCCC)cc1Cl. The molecule has 0 saturated heterocycles. The van der Waals surface area contributed by atoms with Crippen molar-refractivity contribution >= 4 is 11.6 Å². The lowest BCUT2D eigenvalue weighted by Gasteiger charge is -2.09. The number of terminal acetylenes is 1. The van der Waals surface area contributed by atoms with Crippen molar-refractivity contribution in [2.75, 3.05) is 13.2 Å². The summed E-state index contributed by atoms with van der Waals surface area (Å²) in [5.74, 6) is 3.31. The van der Waals surface area contributed by atoms with Crippen molar-refractivity contribution in [1.82, 2.24) is 5.32 Å². The fraction of sp³-hybridized carbons (Fsp3) is 0.467. The average Bonchev–Trinajstić information content (AvgIpc) is 2.37.